The van der Waals surface area contributed by atoms with Crippen LogP contribution in [0.25, 0.3) is 10.9 Å². The van der Waals surface area contributed by atoms with Gasteiger partial charge in [0.1, 0.15) is 0 Å². The van der Waals surface area contributed by atoms with Gasteiger partial charge in [-0.2, -0.15) is 5.10 Å². The second kappa shape index (κ2) is 9.18. The summed E-state index contributed by atoms with van der Waals surface area (Å²) >= 11 is 0. The summed E-state index contributed by atoms with van der Waals surface area (Å²) in [5, 5.41) is 8.59. The number of aromatic nitrogens is 3. The second-order valence-corrected chi connectivity index (χ2v) is 9.05. The van der Waals surface area contributed by atoms with E-state index in [2.05, 4.69) is 48.0 Å². The quantitative estimate of drug-likeness (QED) is 0.637. The van der Waals surface area contributed by atoms with Crippen LogP contribution in [-0.2, 0) is 23.2 Å². The number of amides is 2. The zero-order valence-electron chi connectivity index (χ0n) is 19.5. The Labute approximate surface area is 189 Å². The molecule has 3 aromatic rings. The highest BCUT2D eigenvalue weighted by Gasteiger charge is 2.24. The maximum Gasteiger partial charge on any atom is 0.224 e. The van der Waals surface area contributed by atoms with Crippen molar-refractivity contribution in [2.24, 2.45) is 13.0 Å². The number of anilines is 1. The Morgan fingerprint density at radius 2 is 1.88 bits per heavy atom. The van der Waals surface area contributed by atoms with Crippen LogP contribution >= 0.6 is 0 Å². The van der Waals surface area contributed by atoms with Crippen LogP contribution in [0.2, 0.25) is 0 Å². The molecule has 1 aliphatic heterocycles. The third kappa shape index (κ3) is 4.71. The molecule has 0 unspecified atom stereocenters. The fourth-order valence-corrected chi connectivity index (χ4v) is 4.65. The maximum atomic E-state index is 12.6. The van der Waals surface area contributed by atoms with E-state index >= 15 is 0 Å². The number of carbonyl (C=O) groups is 2. The van der Waals surface area contributed by atoms with Crippen LogP contribution in [0.15, 0.2) is 30.5 Å². The van der Waals surface area contributed by atoms with E-state index in [9.17, 15) is 9.59 Å². The summed E-state index contributed by atoms with van der Waals surface area (Å²) in [6, 6.07) is 8.06. The lowest BCUT2D eigenvalue weighted by molar-refractivity contribution is -0.132. The number of nitrogens with one attached hydrogen (secondary N) is 1. The molecule has 1 saturated heterocycles. The predicted molar refractivity (Wildman–Crippen MR) is 127 cm³/mol. The van der Waals surface area contributed by atoms with E-state index in [1.54, 1.807) is 0 Å². The summed E-state index contributed by atoms with van der Waals surface area (Å²) in [5.74, 6) is 0.536. The lowest BCUT2D eigenvalue weighted by Crippen LogP contribution is -2.39. The van der Waals surface area contributed by atoms with E-state index in [4.69, 9.17) is 0 Å². The van der Waals surface area contributed by atoms with Crippen LogP contribution in [0.3, 0.4) is 0 Å². The van der Waals surface area contributed by atoms with Crippen molar-refractivity contribution in [3.63, 3.8) is 0 Å². The van der Waals surface area contributed by atoms with Crippen molar-refractivity contribution in [3.8, 4) is 0 Å². The monoisotopic (exact) mass is 435 g/mol. The number of hydrogen-bond donors (Lipinski definition) is 1. The third-order valence-electron chi connectivity index (χ3n) is 6.86. The van der Waals surface area contributed by atoms with Gasteiger partial charge in [0, 0.05) is 68.0 Å². The van der Waals surface area contributed by atoms with Gasteiger partial charge in [0.25, 0.3) is 0 Å². The number of fused-ring (bicyclic) bond motifs is 1. The SMILES string of the molecule is Cc1ccn(CCC(=O)N2CCC(CC(=O)Nc3ccc4c(c3)c(C)c(C)n4C)CC2)n1. The zero-order valence-corrected chi connectivity index (χ0v) is 19.5. The van der Waals surface area contributed by atoms with Crippen LogP contribution in [0.1, 0.15) is 42.6 Å². The molecule has 7 heteroatoms. The Kier molecular flexibility index (Phi) is 6.35. The smallest absolute Gasteiger partial charge is 0.224 e. The fraction of sp³-hybridized carbons (Fsp3) is 0.480. The van der Waals surface area contributed by atoms with Crippen LogP contribution < -0.4 is 5.32 Å². The van der Waals surface area contributed by atoms with Gasteiger partial charge >= 0.3 is 0 Å². The van der Waals surface area contributed by atoms with Crippen LogP contribution in [0, 0.1) is 26.7 Å². The van der Waals surface area contributed by atoms with E-state index in [0.29, 0.717) is 25.3 Å². The van der Waals surface area contributed by atoms with Crippen molar-refractivity contribution in [3.05, 3.63) is 47.4 Å². The van der Waals surface area contributed by atoms with E-state index < -0.39 is 0 Å². The summed E-state index contributed by atoms with van der Waals surface area (Å²) in [6.07, 6.45) is 4.62. The molecule has 3 heterocycles. The third-order valence-corrected chi connectivity index (χ3v) is 6.86. The van der Waals surface area contributed by atoms with E-state index in [1.165, 1.54) is 22.2 Å². The Morgan fingerprint density at radius 1 is 1.12 bits per heavy atom. The molecule has 1 aliphatic rings. The fourth-order valence-electron chi connectivity index (χ4n) is 4.65. The normalized spacial score (nSPS) is 14.8. The average molecular weight is 436 g/mol. The molecular weight excluding hydrogens is 402 g/mol. The number of benzene rings is 1. The first kappa shape index (κ1) is 22.1. The zero-order chi connectivity index (χ0) is 22.8. The van der Waals surface area contributed by atoms with Gasteiger partial charge in [0.15, 0.2) is 0 Å². The molecule has 0 spiro atoms. The molecule has 2 amide bonds. The molecule has 0 radical (unpaired) electrons. The number of nitrogens with zero attached hydrogens (tertiary/aromatic N) is 4. The minimum absolute atomic E-state index is 0.0495. The minimum Gasteiger partial charge on any atom is -0.348 e. The van der Waals surface area contributed by atoms with E-state index in [1.807, 2.05) is 34.8 Å². The van der Waals surface area contributed by atoms with E-state index in [-0.39, 0.29) is 11.8 Å². The Bertz CT molecular complexity index is 1130. The van der Waals surface area contributed by atoms with Crippen molar-refractivity contribution in [1.29, 1.82) is 0 Å². The Balaban J connectivity index is 1.25. The molecule has 1 N–H and O–H groups in total. The second-order valence-electron chi connectivity index (χ2n) is 9.05. The van der Waals surface area contributed by atoms with Gasteiger partial charge in [0.05, 0.1) is 5.69 Å². The first-order chi connectivity index (χ1) is 15.3. The predicted octanol–water partition coefficient (Wildman–Crippen LogP) is 3.96. The van der Waals surface area contributed by atoms with Gasteiger partial charge < -0.3 is 14.8 Å². The molecule has 0 bridgehead atoms. The number of aryl methyl sites for hydroxylation is 4. The Morgan fingerprint density at radius 3 is 2.56 bits per heavy atom. The number of hydrogen-bond acceptors (Lipinski definition) is 3. The van der Waals surface area contributed by atoms with Gasteiger partial charge in [-0.3, -0.25) is 14.3 Å². The van der Waals surface area contributed by atoms with Crippen molar-refractivity contribution in [1.82, 2.24) is 19.2 Å². The number of rotatable bonds is 6. The lowest BCUT2D eigenvalue weighted by atomic mass is 9.93. The van der Waals surface area contributed by atoms with Crippen LogP contribution in [0.4, 0.5) is 5.69 Å². The number of carbonyl (C=O) groups excluding carboxylic acids is 2. The number of piperidine rings is 1. The van der Waals surface area contributed by atoms with Crippen LogP contribution in [0.5, 0.6) is 0 Å². The molecule has 2 aromatic heterocycles. The summed E-state index contributed by atoms with van der Waals surface area (Å²) in [7, 11) is 2.07. The van der Waals surface area contributed by atoms with Gasteiger partial charge in [-0.1, -0.05) is 0 Å². The summed E-state index contributed by atoms with van der Waals surface area (Å²) in [6.45, 7) is 8.24. The minimum atomic E-state index is 0.0495. The maximum absolute atomic E-state index is 12.6. The summed E-state index contributed by atoms with van der Waals surface area (Å²) in [5.41, 5.74) is 5.48. The van der Waals surface area contributed by atoms with Crippen molar-refractivity contribution < 1.29 is 9.59 Å². The number of likely N-dealkylation sites (tertiary alicyclic amines) is 1. The molecule has 32 heavy (non-hydrogen) atoms. The molecule has 0 atom stereocenters. The van der Waals surface area contributed by atoms with Crippen LogP contribution in [-0.4, -0.2) is 44.2 Å². The molecular formula is C25H33N5O2. The molecule has 4 rings (SSSR count). The van der Waals surface area contributed by atoms with Gasteiger partial charge in [-0.05, 0) is 69.4 Å². The average Bonchev–Trinajstić information content (AvgIpc) is 3.29. The van der Waals surface area contributed by atoms with Crippen molar-refractivity contribution in [2.45, 2.75) is 53.0 Å². The van der Waals surface area contributed by atoms with E-state index in [0.717, 1.165) is 37.3 Å². The first-order valence-corrected chi connectivity index (χ1v) is 11.4. The van der Waals surface area contributed by atoms with Gasteiger partial charge in [0.2, 0.25) is 11.8 Å². The topological polar surface area (TPSA) is 72.2 Å². The van der Waals surface area contributed by atoms with Crippen molar-refractivity contribution in [2.75, 3.05) is 18.4 Å². The first-order valence-electron chi connectivity index (χ1n) is 11.4. The Hall–Kier alpha value is -3.09. The van der Waals surface area contributed by atoms with Gasteiger partial charge in [-0.25, -0.2) is 0 Å². The molecule has 0 saturated carbocycles. The highest BCUT2D eigenvalue weighted by atomic mass is 16.2. The summed E-state index contributed by atoms with van der Waals surface area (Å²) < 4.78 is 4.00. The molecule has 1 fully saturated rings. The summed E-state index contributed by atoms with van der Waals surface area (Å²) in [4.78, 5) is 27.1. The molecule has 7 nitrogen and oxygen atoms in total. The molecule has 0 aliphatic carbocycles. The molecule has 1 aromatic carbocycles. The highest BCUT2D eigenvalue weighted by molar-refractivity contribution is 5.95. The van der Waals surface area contributed by atoms with Crippen molar-refractivity contribution >= 4 is 28.4 Å². The highest BCUT2D eigenvalue weighted by Crippen LogP contribution is 2.27. The molecule has 170 valence electrons. The largest absolute Gasteiger partial charge is 0.348 e. The lowest BCUT2D eigenvalue weighted by Gasteiger charge is -2.31. The standard InChI is InChI=1S/C25H33N5O2/c1-17-7-13-30(27-17)14-10-25(32)29-11-8-20(9-12-29)15-24(31)26-21-5-6-23-22(16-21)18(2)19(3)28(23)4/h5-7,13,16,20H,8-12,14-15H2,1-4H3,(H,26,31). The van der Waals surface area contributed by atoms with Gasteiger partial charge in [-0.15, -0.1) is 0 Å².